The Morgan fingerprint density at radius 2 is 2.14 bits per heavy atom. The molecule has 1 unspecified atom stereocenters. The summed E-state index contributed by atoms with van der Waals surface area (Å²) >= 11 is 1.06. The summed E-state index contributed by atoms with van der Waals surface area (Å²) in [5, 5.41) is 12.4. The Labute approximate surface area is 125 Å². The Balaban J connectivity index is 1.79. The highest BCUT2D eigenvalue weighted by Gasteiger charge is 2.30. The highest BCUT2D eigenvalue weighted by atomic mass is 32.1. The van der Waals surface area contributed by atoms with Gasteiger partial charge in [0.1, 0.15) is 23.2 Å². The molecule has 2 aromatic rings. The highest BCUT2D eigenvalue weighted by Crippen LogP contribution is 2.35. The Morgan fingerprint density at radius 1 is 1.38 bits per heavy atom. The van der Waals surface area contributed by atoms with Crippen LogP contribution in [0.2, 0.25) is 0 Å². The lowest BCUT2D eigenvalue weighted by atomic mass is 10.0. The molecule has 108 valence electrons. The lowest BCUT2D eigenvalue weighted by Crippen LogP contribution is -2.21. The number of carbonyl (C=O) groups excluding carboxylic acids is 1. The Hall–Kier alpha value is -2.34. The summed E-state index contributed by atoms with van der Waals surface area (Å²) in [6.45, 7) is 2.02. The lowest BCUT2D eigenvalue weighted by molar-refractivity contribution is -0.117. The van der Waals surface area contributed by atoms with E-state index in [-0.39, 0.29) is 16.7 Å². The van der Waals surface area contributed by atoms with Gasteiger partial charge < -0.3 is 15.2 Å². The molecular weight excluding hydrogens is 290 g/mol. The van der Waals surface area contributed by atoms with Crippen LogP contribution in [0.5, 0.6) is 5.75 Å². The predicted molar refractivity (Wildman–Crippen MR) is 79.3 cm³/mol. The lowest BCUT2D eigenvalue weighted by Gasteiger charge is -2.08. The second-order valence-corrected chi connectivity index (χ2v) is 5.87. The van der Waals surface area contributed by atoms with Crippen molar-refractivity contribution in [1.29, 1.82) is 0 Å². The molecule has 0 saturated carbocycles. The van der Waals surface area contributed by atoms with Gasteiger partial charge in [0.25, 0.3) is 0 Å². The van der Waals surface area contributed by atoms with Crippen molar-refractivity contribution in [3.63, 3.8) is 0 Å². The first-order valence-corrected chi connectivity index (χ1v) is 7.24. The van der Waals surface area contributed by atoms with Crippen molar-refractivity contribution in [2.75, 3.05) is 11.9 Å². The number of para-hydroxylation sites is 1. The molecule has 3 rings (SSSR count). The van der Waals surface area contributed by atoms with Crippen molar-refractivity contribution >= 4 is 28.2 Å². The Kier molecular flexibility index (Phi) is 3.39. The molecule has 1 aromatic carbocycles. The third kappa shape index (κ3) is 2.50. The second-order valence-electron chi connectivity index (χ2n) is 4.82. The van der Waals surface area contributed by atoms with E-state index in [1.807, 2.05) is 24.3 Å². The molecule has 21 heavy (non-hydrogen) atoms. The van der Waals surface area contributed by atoms with Gasteiger partial charge in [-0.1, -0.05) is 18.2 Å². The first-order chi connectivity index (χ1) is 10.1. The zero-order chi connectivity index (χ0) is 15.0. The number of carboxylic acids is 1. The normalized spacial score (nSPS) is 16.1. The van der Waals surface area contributed by atoms with Crippen LogP contribution < -0.4 is 10.1 Å². The van der Waals surface area contributed by atoms with Gasteiger partial charge in [-0.3, -0.25) is 4.79 Å². The molecule has 0 bridgehead atoms. The second kappa shape index (κ2) is 5.21. The number of nitrogens with one attached hydrogen (secondary N) is 1. The summed E-state index contributed by atoms with van der Waals surface area (Å²) in [5.41, 5.74) is 1.51. The number of amides is 1. The number of aromatic carboxylic acids is 1. The van der Waals surface area contributed by atoms with Crippen LogP contribution in [-0.4, -0.2) is 23.6 Å². The van der Waals surface area contributed by atoms with Gasteiger partial charge in [0, 0.05) is 5.56 Å². The zero-order valence-electron chi connectivity index (χ0n) is 11.3. The van der Waals surface area contributed by atoms with Gasteiger partial charge in [-0.05, 0) is 24.6 Å². The summed E-state index contributed by atoms with van der Waals surface area (Å²) < 4.78 is 5.49. The largest absolute Gasteiger partial charge is 0.492 e. The smallest absolute Gasteiger partial charge is 0.346 e. The molecule has 2 heterocycles. The number of fused-ring (bicyclic) bond motifs is 1. The molecule has 0 spiro atoms. The quantitative estimate of drug-likeness (QED) is 0.914. The fourth-order valence-corrected chi connectivity index (χ4v) is 3.26. The van der Waals surface area contributed by atoms with Crippen molar-refractivity contribution in [2.24, 2.45) is 0 Å². The number of hydrogen-bond acceptors (Lipinski definition) is 4. The van der Waals surface area contributed by atoms with E-state index in [1.165, 1.54) is 0 Å². The van der Waals surface area contributed by atoms with E-state index in [0.29, 0.717) is 17.2 Å². The number of benzene rings is 1. The average molecular weight is 303 g/mol. The monoisotopic (exact) mass is 303 g/mol. The number of ether oxygens (including phenoxy) is 1. The van der Waals surface area contributed by atoms with Crippen LogP contribution >= 0.6 is 11.3 Å². The molecule has 1 atom stereocenters. The maximum atomic E-state index is 12.3. The number of rotatable bonds is 3. The molecule has 1 amide bonds. The molecule has 0 saturated heterocycles. The number of thiophene rings is 1. The Morgan fingerprint density at radius 3 is 2.86 bits per heavy atom. The van der Waals surface area contributed by atoms with E-state index >= 15 is 0 Å². The third-order valence-electron chi connectivity index (χ3n) is 3.37. The molecule has 0 aliphatic carbocycles. The summed E-state index contributed by atoms with van der Waals surface area (Å²) in [4.78, 5) is 23.6. The van der Waals surface area contributed by atoms with E-state index in [9.17, 15) is 9.59 Å². The molecule has 1 aromatic heterocycles. The molecule has 0 fully saturated rings. The van der Waals surface area contributed by atoms with Gasteiger partial charge in [-0.15, -0.1) is 11.3 Å². The molecule has 1 aliphatic rings. The summed E-state index contributed by atoms with van der Waals surface area (Å²) in [6.07, 6.45) is 0. The van der Waals surface area contributed by atoms with Gasteiger partial charge in [0.2, 0.25) is 5.91 Å². The van der Waals surface area contributed by atoms with Crippen LogP contribution in [0, 0.1) is 6.92 Å². The topological polar surface area (TPSA) is 75.6 Å². The minimum absolute atomic E-state index is 0.182. The number of carboxylic acid groups (broad SMARTS) is 1. The van der Waals surface area contributed by atoms with Crippen molar-refractivity contribution in [3.05, 3.63) is 46.3 Å². The average Bonchev–Trinajstić information content (AvgIpc) is 3.02. The van der Waals surface area contributed by atoms with Crippen LogP contribution in [0.25, 0.3) is 0 Å². The van der Waals surface area contributed by atoms with Crippen LogP contribution in [0.1, 0.15) is 26.7 Å². The van der Waals surface area contributed by atoms with Crippen molar-refractivity contribution in [2.45, 2.75) is 12.8 Å². The minimum Gasteiger partial charge on any atom is -0.492 e. The van der Waals surface area contributed by atoms with Gasteiger partial charge in [0.15, 0.2) is 0 Å². The van der Waals surface area contributed by atoms with Gasteiger partial charge in [-0.25, -0.2) is 4.79 Å². The number of carbonyl (C=O) groups is 2. The van der Waals surface area contributed by atoms with Crippen LogP contribution in [0.4, 0.5) is 5.00 Å². The van der Waals surface area contributed by atoms with Gasteiger partial charge in [0.05, 0.1) is 5.00 Å². The van der Waals surface area contributed by atoms with Crippen LogP contribution in [0.15, 0.2) is 30.3 Å². The van der Waals surface area contributed by atoms with Crippen LogP contribution in [-0.2, 0) is 4.79 Å². The first kappa shape index (κ1) is 13.6. The van der Waals surface area contributed by atoms with Crippen molar-refractivity contribution < 1.29 is 19.4 Å². The molecule has 6 heteroatoms. The van der Waals surface area contributed by atoms with Gasteiger partial charge in [-0.2, -0.15) is 0 Å². The van der Waals surface area contributed by atoms with E-state index in [1.54, 1.807) is 13.0 Å². The first-order valence-electron chi connectivity index (χ1n) is 6.42. The van der Waals surface area contributed by atoms with Crippen molar-refractivity contribution in [1.82, 2.24) is 0 Å². The van der Waals surface area contributed by atoms with Crippen molar-refractivity contribution in [3.8, 4) is 5.75 Å². The number of anilines is 1. The Bertz CT molecular complexity index is 722. The maximum absolute atomic E-state index is 12.3. The fraction of sp³-hybridized carbons (Fsp3) is 0.200. The van der Waals surface area contributed by atoms with E-state index in [4.69, 9.17) is 9.84 Å². The zero-order valence-corrected chi connectivity index (χ0v) is 12.1. The minimum atomic E-state index is -0.979. The molecule has 5 nitrogen and oxygen atoms in total. The number of aryl methyl sites for hydroxylation is 1. The van der Waals surface area contributed by atoms with Crippen LogP contribution in [0.3, 0.4) is 0 Å². The molecular formula is C15H13NO4S. The molecule has 2 N–H and O–H groups in total. The van der Waals surface area contributed by atoms with E-state index in [2.05, 4.69) is 5.32 Å². The summed E-state index contributed by atoms with van der Waals surface area (Å²) in [7, 11) is 0. The third-order valence-corrected chi connectivity index (χ3v) is 4.52. The summed E-state index contributed by atoms with van der Waals surface area (Å²) in [6, 6.07) is 9.11. The van der Waals surface area contributed by atoms with Gasteiger partial charge >= 0.3 is 5.97 Å². The number of hydrogen-bond donors (Lipinski definition) is 2. The summed E-state index contributed by atoms with van der Waals surface area (Å²) in [5.74, 6) is -0.797. The van der Waals surface area contributed by atoms with E-state index in [0.717, 1.165) is 22.6 Å². The molecule has 1 aliphatic heterocycles. The maximum Gasteiger partial charge on any atom is 0.346 e. The van der Waals surface area contributed by atoms with E-state index < -0.39 is 5.97 Å². The highest BCUT2D eigenvalue weighted by molar-refractivity contribution is 7.18. The fourth-order valence-electron chi connectivity index (χ4n) is 2.34. The molecule has 0 radical (unpaired) electrons. The standard InChI is InChI=1S/C15H13NO4S/c1-8-6-12(21-13(8)15(18)19)16-14(17)10-7-20-11-5-3-2-4-9(10)11/h2-6,10H,7H2,1H3,(H,16,17)(H,18,19). The SMILES string of the molecule is Cc1cc(NC(=O)C2COc3ccccc32)sc1C(=O)O. The predicted octanol–water partition coefficient (Wildman–Crippen LogP) is 2.87.